The van der Waals surface area contributed by atoms with Crippen molar-refractivity contribution in [2.45, 2.75) is 32.2 Å². The molecule has 1 amide bonds. The van der Waals surface area contributed by atoms with Gasteiger partial charge in [0, 0.05) is 12.3 Å². The molecule has 7 nitrogen and oxygen atoms in total. The lowest BCUT2D eigenvalue weighted by Gasteiger charge is -2.18. The Hall–Kier alpha value is -2.70. The minimum Gasteiger partial charge on any atom is -0.481 e. The smallest absolute Gasteiger partial charge is 0.316 e. The van der Waals surface area contributed by atoms with Crippen molar-refractivity contribution in [2.75, 3.05) is 0 Å². The second-order valence-corrected chi connectivity index (χ2v) is 6.09. The van der Waals surface area contributed by atoms with Crippen molar-refractivity contribution in [1.82, 2.24) is 14.7 Å². The summed E-state index contributed by atoms with van der Waals surface area (Å²) in [4.78, 5) is 40.1. The summed E-state index contributed by atoms with van der Waals surface area (Å²) in [7, 11) is 0. The minimum absolute atomic E-state index is 0.0377. The number of rotatable bonds is 5. The van der Waals surface area contributed by atoms with Gasteiger partial charge in [-0.1, -0.05) is 18.9 Å². The number of carboxylic acids is 1. The van der Waals surface area contributed by atoms with Gasteiger partial charge in [-0.15, -0.1) is 0 Å². The molecule has 1 atom stereocenters. The van der Waals surface area contributed by atoms with Crippen molar-refractivity contribution in [2.24, 2.45) is 11.8 Å². The van der Waals surface area contributed by atoms with Crippen LogP contribution in [0.2, 0.25) is 0 Å². The van der Waals surface area contributed by atoms with Crippen molar-refractivity contribution < 1.29 is 14.7 Å². The third-order valence-corrected chi connectivity index (χ3v) is 4.49. The Bertz CT molecular complexity index is 824. The maximum atomic E-state index is 12.3. The van der Waals surface area contributed by atoms with Gasteiger partial charge in [-0.3, -0.25) is 18.8 Å². The molecular formula is C17H19N3O4. The van der Waals surface area contributed by atoms with Gasteiger partial charge in [0.15, 0.2) is 0 Å². The highest BCUT2D eigenvalue weighted by molar-refractivity contribution is 5.97. The molecule has 0 radical (unpaired) electrons. The molecule has 0 aliphatic heterocycles. The first-order chi connectivity index (χ1) is 11.6. The Morgan fingerprint density at radius 3 is 2.79 bits per heavy atom. The second kappa shape index (κ2) is 6.82. The molecule has 126 valence electrons. The monoisotopic (exact) mass is 329 g/mol. The molecule has 3 rings (SSSR count). The lowest BCUT2D eigenvalue weighted by molar-refractivity contribution is -0.149. The first-order valence-corrected chi connectivity index (χ1v) is 8.04. The molecule has 2 aromatic heterocycles. The molecule has 1 aliphatic rings. The largest absolute Gasteiger partial charge is 0.481 e. The molecule has 24 heavy (non-hydrogen) atoms. The Morgan fingerprint density at radius 1 is 1.33 bits per heavy atom. The average Bonchev–Trinajstić information content (AvgIpc) is 3.07. The number of nitrogens with one attached hydrogen (secondary N) is 1. The maximum Gasteiger partial charge on any atom is 0.316 e. The quantitative estimate of drug-likeness (QED) is 0.803. The summed E-state index contributed by atoms with van der Waals surface area (Å²) in [5.74, 6) is -2.75. The fourth-order valence-electron chi connectivity index (χ4n) is 3.30. The van der Waals surface area contributed by atoms with Crippen LogP contribution >= 0.6 is 0 Å². The van der Waals surface area contributed by atoms with Crippen LogP contribution in [0.1, 0.15) is 31.4 Å². The number of carbonyl (C=O) groups excluding carboxylic acids is 1. The molecule has 1 fully saturated rings. The van der Waals surface area contributed by atoms with E-state index in [1.807, 2.05) is 0 Å². The van der Waals surface area contributed by atoms with E-state index in [1.54, 1.807) is 24.4 Å². The van der Waals surface area contributed by atoms with Gasteiger partial charge in [0.2, 0.25) is 5.91 Å². The first-order valence-electron chi connectivity index (χ1n) is 8.04. The van der Waals surface area contributed by atoms with Crippen molar-refractivity contribution in [3.63, 3.8) is 0 Å². The van der Waals surface area contributed by atoms with Crippen LogP contribution in [0.5, 0.6) is 0 Å². The van der Waals surface area contributed by atoms with Crippen LogP contribution in [0.3, 0.4) is 0 Å². The molecule has 1 saturated carbocycles. The van der Waals surface area contributed by atoms with Gasteiger partial charge in [0.1, 0.15) is 11.6 Å². The molecule has 2 aromatic rings. The highest BCUT2D eigenvalue weighted by Gasteiger charge is 2.36. The maximum absolute atomic E-state index is 12.3. The zero-order chi connectivity index (χ0) is 17.1. The molecule has 0 spiro atoms. The van der Waals surface area contributed by atoms with Crippen LogP contribution in [-0.2, 0) is 16.1 Å². The van der Waals surface area contributed by atoms with E-state index in [-0.39, 0.29) is 18.0 Å². The van der Waals surface area contributed by atoms with Gasteiger partial charge >= 0.3 is 5.97 Å². The van der Waals surface area contributed by atoms with Crippen LogP contribution in [0.4, 0.5) is 0 Å². The van der Waals surface area contributed by atoms with Gasteiger partial charge in [0.05, 0.1) is 12.2 Å². The van der Waals surface area contributed by atoms with E-state index < -0.39 is 17.8 Å². The summed E-state index contributed by atoms with van der Waals surface area (Å²) in [6.07, 6.45) is 5.07. The normalized spacial score (nSPS) is 16.2. The van der Waals surface area contributed by atoms with Crippen LogP contribution in [0.25, 0.3) is 5.65 Å². The summed E-state index contributed by atoms with van der Waals surface area (Å²) < 4.78 is 1.41. The third-order valence-electron chi connectivity index (χ3n) is 4.49. The Kier molecular flexibility index (Phi) is 4.59. The van der Waals surface area contributed by atoms with Crippen LogP contribution in [0, 0.1) is 11.8 Å². The van der Waals surface area contributed by atoms with Gasteiger partial charge < -0.3 is 10.4 Å². The number of aliphatic carboxylic acids is 1. The number of amides is 1. The standard InChI is InChI=1S/C17H19N3O4/c21-14-9-12(19-13-7-3-4-8-20(13)14)10-18-16(22)15(17(23)24)11-5-1-2-6-11/h3-4,7-9,11,15H,1-2,5-6,10H2,(H,18,22)(H,23,24). The Morgan fingerprint density at radius 2 is 2.08 bits per heavy atom. The number of nitrogens with zero attached hydrogens (tertiary/aromatic N) is 2. The fourth-order valence-corrected chi connectivity index (χ4v) is 3.30. The van der Waals surface area contributed by atoms with Crippen LogP contribution in [0.15, 0.2) is 35.3 Å². The summed E-state index contributed by atoms with van der Waals surface area (Å²) in [6, 6.07) is 6.55. The zero-order valence-corrected chi connectivity index (χ0v) is 13.1. The van der Waals surface area contributed by atoms with E-state index in [9.17, 15) is 19.5 Å². The van der Waals surface area contributed by atoms with Crippen molar-refractivity contribution in [3.05, 3.63) is 46.5 Å². The highest BCUT2D eigenvalue weighted by atomic mass is 16.4. The molecule has 1 aliphatic carbocycles. The first kappa shape index (κ1) is 16.2. The number of hydrogen-bond acceptors (Lipinski definition) is 4. The van der Waals surface area contributed by atoms with Crippen molar-refractivity contribution in [3.8, 4) is 0 Å². The molecule has 1 unspecified atom stereocenters. The average molecular weight is 329 g/mol. The summed E-state index contributed by atoms with van der Waals surface area (Å²) in [6.45, 7) is 0.0377. The highest BCUT2D eigenvalue weighted by Crippen LogP contribution is 2.31. The summed E-state index contributed by atoms with van der Waals surface area (Å²) >= 11 is 0. The predicted octanol–water partition coefficient (Wildman–Crippen LogP) is 1.20. The number of aromatic nitrogens is 2. The number of carbonyl (C=O) groups is 2. The van der Waals surface area contributed by atoms with Gasteiger partial charge in [0.25, 0.3) is 5.56 Å². The zero-order valence-electron chi connectivity index (χ0n) is 13.1. The Labute approximate surface area is 138 Å². The fraction of sp³-hybridized carbons (Fsp3) is 0.412. The molecule has 0 aromatic carbocycles. The molecule has 2 heterocycles. The van der Waals surface area contributed by atoms with Gasteiger partial charge in [-0.2, -0.15) is 0 Å². The lowest BCUT2D eigenvalue weighted by Crippen LogP contribution is -2.39. The lowest BCUT2D eigenvalue weighted by atomic mass is 9.90. The molecule has 0 bridgehead atoms. The number of hydrogen-bond donors (Lipinski definition) is 2. The van der Waals surface area contributed by atoms with E-state index >= 15 is 0 Å². The van der Waals surface area contributed by atoms with Gasteiger partial charge in [-0.05, 0) is 30.9 Å². The van der Waals surface area contributed by atoms with Crippen LogP contribution in [-0.4, -0.2) is 26.4 Å². The summed E-state index contributed by atoms with van der Waals surface area (Å²) in [5, 5.41) is 12.0. The van der Waals surface area contributed by atoms with E-state index in [0.717, 1.165) is 25.7 Å². The number of fused-ring (bicyclic) bond motifs is 1. The van der Waals surface area contributed by atoms with E-state index in [2.05, 4.69) is 10.3 Å². The summed E-state index contributed by atoms with van der Waals surface area (Å²) in [5.41, 5.74) is 0.658. The SMILES string of the molecule is O=C(O)C(C(=O)NCc1cc(=O)n2ccccc2n1)C1CCCC1. The minimum atomic E-state index is -1.09. The topological polar surface area (TPSA) is 101 Å². The molecule has 2 N–H and O–H groups in total. The molecule has 7 heteroatoms. The number of carboxylic acid groups (broad SMARTS) is 1. The van der Waals surface area contributed by atoms with E-state index in [0.29, 0.717) is 11.3 Å². The van der Waals surface area contributed by atoms with Crippen molar-refractivity contribution in [1.29, 1.82) is 0 Å². The van der Waals surface area contributed by atoms with Crippen LogP contribution < -0.4 is 10.9 Å². The Balaban J connectivity index is 1.73. The van der Waals surface area contributed by atoms with Crippen molar-refractivity contribution >= 4 is 17.5 Å². The van der Waals surface area contributed by atoms with E-state index in [1.165, 1.54) is 10.5 Å². The van der Waals surface area contributed by atoms with Gasteiger partial charge in [-0.25, -0.2) is 4.98 Å². The molecular weight excluding hydrogens is 310 g/mol. The third kappa shape index (κ3) is 3.29. The predicted molar refractivity (Wildman–Crippen MR) is 86.4 cm³/mol. The van der Waals surface area contributed by atoms with E-state index in [4.69, 9.17) is 0 Å². The number of pyridine rings is 1. The molecule has 0 saturated heterocycles. The second-order valence-electron chi connectivity index (χ2n) is 6.09.